The smallest absolute Gasteiger partial charge is 0.163 e. The lowest BCUT2D eigenvalue weighted by Gasteiger charge is -2.08. The molecule has 6 heteroatoms. The minimum Gasteiger partial charge on any atom is -0.384 e. The molecule has 3 aromatic rings. The third kappa shape index (κ3) is 2.55. The van der Waals surface area contributed by atoms with Crippen LogP contribution in [0.4, 0.5) is 5.82 Å². The second-order valence-corrected chi connectivity index (χ2v) is 5.49. The van der Waals surface area contributed by atoms with Crippen molar-refractivity contribution in [3.63, 3.8) is 0 Å². The monoisotopic (exact) mass is 294 g/mol. The number of pyridine rings is 2. The zero-order chi connectivity index (χ0) is 15.7. The van der Waals surface area contributed by atoms with Crippen molar-refractivity contribution in [1.29, 1.82) is 0 Å². The molecule has 2 N–H and O–H groups in total. The number of anilines is 1. The molecule has 22 heavy (non-hydrogen) atoms. The van der Waals surface area contributed by atoms with Crippen LogP contribution in [0, 0.1) is 6.92 Å². The fourth-order valence-corrected chi connectivity index (χ4v) is 2.22. The number of nitrogen functional groups attached to an aromatic ring is 1. The summed E-state index contributed by atoms with van der Waals surface area (Å²) in [4.78, 5) is 12.9. The summed E-state index contributed by atoms with van der Waals surface area (Å²) < 4.78 is 1.85. The van der Waals surface area contributed by atoms with E-state index >= 15 is 0 Å². The third-order valence-electron chi connectivity index (χ3n) is 3.40. The summed E-state index contributed by atoms with van der Waals surface area (Å²) in [6.07, 6.45) is 5.25. The van der Waals surface area contributed by atoms with Gasteiger partial charge in [-0.1, -0.05) is 13.8 Å². The van der Waals surface area contributed by atoms with Crippen LogP contribution in [-0.4, -0.2) is 24.7 Å². The fraction of sp³-hybridized carbons (Fsp3) is 0.250. The van der Waals surface area contributed by atoms with Crippen molar-refractivity contribution in [2.24, 2.45) is 0 Å². The number of nitrogens with zero attached hydrogens (tertiary/aromatic N) is 5. The highest BCUT2D eigenvalue weighted by atomic mass is 15.4. The predicted molar refractivity (Wildman–Crippen MR) is 85.6 cm³/mol. The molecule has 112 valence electrons. The highest BCUT2D eigenvalue weighted by Crippen LogP contribution is 2.25. The maximum Gasteiger partial charge on any atom is 0.163 e. The van der Waals surface area contributed by atoms with Crippen LogP contribution in [0.15, 0.2) is 36.8 Å². The maximum atomic E-state index is 5.80. The average Bonchev–Trinajstić information content (AvgIpc) is 2.93. The van der Waals surface area contributed by atoms with Gasteiger partial charge in [0.25, 0.3) is 0 Å². The average molecular weight is 294 g/mol. The van der Waals surface area contributed by atoms with Crippen LogP contribution in [0.1, 0.15) is 31.2 Å². The predicted octanol–water partition coefficient (Wildman–Crippen LogP) is 2.74. The third-order valence-corrected chi connectivity index (χ3v) is 3.40. The second kappa shape index (κ2) is 5.55. The Balaban J connectivity index is 2.23. The number of nitrogens with two attached hydrogens (primary N) is 1. The highest BCUT2D eigenvalue weighted by molar-refractivity contribution is 5.61. The molecule has 3 heterocycles. The van der Waals surface area contributed by atoms with Crippen molar-refractivity contribution in [3.05, 3.63) is 48.2 Å². The molecule has 0 aliphatic heterocycles. The summed E-state index contributed by atoms with van der Waals surface area (Å²) >= 11 is 0. The van der Waals surface area contributed by atoms with Crippen LogP contribution in [-0.2, 0) is 0 Å². The Bertz CT molecular complexity index is 806. The molecule has 3 rings (SSSR count). The largest absolute Gasteiger partial charge is 0.384 e. The van der Waals surface area contributed by atoms with Gasteiger partial charge in [0.15, 0.2) is 11.6 Å². The number of hydrogen-bond donors (Lipinski definition) is 1. The standard InChI is InChI=1S/C16H18N6/c1-10(2)15-20-16(12-4-7-19-14(17)8-12)22(21-15)13-5-6-18-9-11(13)3/h4-10H,1-3H3,(H2,17,19). The van der Waals surface area contributed by atoms with Gasteiger partial charge in [0, 0.05) is 30.1 Å². The molecule has 0 aliphatic carbocycles. The van der Waals surface area contributed by atoms with Gasteiger partial charge < -0.3 is 5.73 Å². The normalized spacial score (nSPS) is 11.1. The lowest BCUT2D eigenvalue weighted by Crippen LogP contribution is -2.03. The Morgan fingerprint density at radius 3 is 2.68 bits per heavy atom. The van der Waals surface area contributed by atoms with Gasteiger partial charge in [-0.05, 0) is 30.7 Å². The molecule has 0 spiro atoms. The molecule has 0 aliphatic rings. The summed E-state index contributed by atoms with van der Waals surface area (Å²) in [5, 5.41) is 4.66. The lowest BCUT2D eigenvalue weighted by atomic mass is 10.2. The molecular weight excluding hydrogens is 276 g/mol. The number of aryl methyl sites for hydroxylation is 1. The van der Waals surface area contributed by atoms with E-state index in [-0.39, 0.29) is 5.92 Å². The lowest BCUT2D eigenvalue weighted by molar-refractivity contribution is 0.752. The Morgan fingerprint density at radius 1 is 1.18 bits per heavy atom. The first-order chi connectivity index (χ1) is 10.6. The van der Waals surface area contributed by atoms with Crippen molar-refractivity contribution < 1.29 is 0 Å². The van der Waals surface area contributed by atoms with Crippen molar-refractivity contribution in [1.82, 2.24) is 24.7 Å². The SMILES string of the molecule is Cc1cnccc1-n1nc(C(C)C)nc1-c1ccnc(N)c1. The zero-order valence-corrected chi connectivity index (χ0v) is 12.9. The second-order valence-electron chi connectivity index (χ2n) is 5.49. The quantitative estimate of drug-likeness (QED) is 0.803. The van der Waals surface area contributed by atoms with E-state index in [1.54, 1.807) is 18.5 Å². The summed E-state index contributed by atoms with van der Waals surface area (Å²) in [5.41, 5.74) is 8.69. The van der Waals surface area contributed by atoms with E-state index in [9.17, 15) is 0 Å². The molecule has 0 unspecified atom stereocenters. The molecule has 0 atom stereocenters. The molecule has 0 radical (unpaired) electrons. The first kappa shape index (κ1) is 14.2. The van der Waals surface area contributed by atoms with E-state index in [0.29, 0.717) is 5.82 Å². The Labute approximate surface area is 129 Å². The molecule has 0 amide bonds. The van der Waals surface area contributed by atoms with Gasteiger partial charge in [0.05, 0.1) is 5.69 Å². The van der Waals surface area contributed by atoms with Gasteiger partial charge in [-0.2, -0.15) is 5.10 Å². The van der Waals surface area contributed by atoms with Gasteiger partial charge in [-0.25, -0.2) is 14.6 Å². The van der Waals surface area contributed by atoms with Gasteiger partial charge in [0.1, 0.15) is 5.82 Å². The van der Waals surface area contributed by atoms with Crippen LogP contribution in [0.3, 0.4) is 0 Å². The van der Waals surface area contributed by atoms with Gasteiger partial charge in [0.2, 0.25) is 0 Å². The molecule has 3 aromatic heterocycles. The summed E-state index contributed by atoms with van der Waals surface area (Å²) in [6, 6.07) is 5.63. The van der Waals surface area contributed by atoms with Crippen molar-refractivity contribution in [3.8, 4) is 17.1 Å². The number of aromatic nitrogens is 5. The fourth-order valence-electron chi connectivity index (χ4n) is 2.22. The van der Waals surface area contributed by atoms with Crippen LogP contribution in [0.5, 0.6) is 0 Å². The Kier molecular flexibility index (Phi) is 3.58. The molecule has 6 nitrogen and oxygen atoms in total. The van der Waals surface area contributed by atoms with Crippen molar-refractivity contribution in [2.45, 2.75) is 26.7 Å². The van der Waals surface area contributed by atoms with Crippen LogP contribution < -0.4 is 5.73 Å². The van der Waals surface area contributed by atoms with Gasteiger partial charge >= 0.3 is 0 Å². The summed E-state index contributed by atoms with van der Waals surface area (Å²) in [5.74, 6) is 2.25. The van der Waals surface area contributed by atoms with Gasteiger partial charge in [-0.15, -0.1) is 0 Å². The first-order valence-corrected chi connectivity index (χ1v) is 7.16. The Hall–Kier alpha value is -2.76. The van der Waals surface area contributed by atoms with E-state index in [1.807, 2.05) is 29.9 Å². The van der Waals surface area contributed by atoms with E-state index in [2.05, 4.69) is 33.9 Å². The minimum atomic E-state index is 0.237. The molecule has 0 bridgehead atoms. The molecule has 0 aromatic carbocycles. The zero-order valence-electron chi connectivity index (χ0n) is 12.9. The minimum absolute atomic E-state index is 0.237. The summed E-state index contributed by atoms with van der Waals surface area (Å²) in [6.45, 7) is 6.15. The van der Waals surface area contributed by atoms with E-state index in [1.165, 1.54) is 0 Å². The first-order valence-electron chi connectivity index (χ1n) is 7.16. The van der Waals surface area contributed by atoms with E-state index in [4.69, 9.17) is 5.73 Å². The van der Waals surface area contributed by atoms with Crippen LogP contribution in [0.2, 0.25) is 0 Å². The Morgan fingerprint density at radius 2 is 2.00 bits per heavy atom. The van der Waals surface area contributed by atoms with Crippen molar-refractivity contribution in [2.75, 3.05) is 5.73 Å². The highest BCUT2D eigenvalue weighted by Gasteiger charge is 2.17. The topological polar surface area (TPSA) is 82.5 Å². The summed E-state index contributed by atoms with van der Waals surface area (Å²) in [7, 11) is 0. The van der Waals surface area contributed by atoms with Gasteiger partial charge in [-0.3, -0.25) is 4.98 Å². The number of hydrogen-bond acceptors (Lipinski definition) is 5. The number of rotatable bonds is 3. The van der Waals surface area contributed by atoms with E-state index < -0.39 is 0 Å². The maximum absolute atomic E-state index is 5.80. The molecule has 0 saturated heterocycles. The van der Waals surface area contributed by atoms with Crippen LogP contribution >= 0.6 is 0 Å². The molecule has 0 saturated carbocycles. The van der Waals surface area contributed by atoms with Crippen LogP contribution in [0.25, 0.3) is 17.1 Å². The molecular formula is C16H18N6. The van der Waals surface area contributed by atoms with E-state index in [0.717, 1.165) is 28.5 Å². The van der Waals surface area contributed by atoms with Crippen molar-refractivity contribution >= 4 is 5.82 Å². The molecule has 0 fully saturated rings.